The Morgan fingerprint density at radius 2 is 1.85 bits per heavy atom. The third-order valence-corrected chi connectivity index (χ3v) is 7.89. The summed E-state index contributed by atoms with van der Waals surface area (Å²) in [6.07, 6.45) is 4.22. The van der Waals surface area contributed by atoms with Gasteiger partial charge in [-0.15, -0.1) is 0 Å². The highest BCUT2D eigenvalue weighted by Crippen LogP contribution is 2.48. The van der Waals surface area contributed by atoms with Gasteiger partial charge in [-0.25, -0.2) is 13.0 Å². The smallest absolute Gasteiger partial charge is 0.455 e. The number of carbonyl (C=O) groups excluding carboxylic acids is 1. The predicted molar refractivity (Wildman–Crippen MR) is 153 cm³/mol. The minimum atomic E-state index is -1.47. The average Bonchev–Trinajstić information content (AvgIpc) is 3.61. The van der Waals surface area contributed by atoms with Gasteiger partial charge in [-0.2, -0.15) is 0 Å². The molecule has 1 saturated carbocycles. The highest BCUT2D eigenvalue weighted by molar-refractivity contribution is 7.85. The highest BCUT2D eigenvalue weighted by atomic mass is 32.2. The van der Waals surface area contributed by atoms with E-state index in [1.54, 1.807) is 34.8 Å². The van der Waals surface area contributed by atoms with Crippen LogP contribution in [0.4, 0.5) is 14.5 Å². The topological polar surface area (TPSA) is 92.0 Å². The summed E-state index contributed by atoms with van der Waals surface area (Å²) in [5, 5.41) is 13.3. The Hall–Kier alpha value is -3.38. The Morgan fingerprint density at radius 3 is 2.48 bits per heavy atom. The van der Waals surface area contributed by atoms with E-state index in [0.717, 1.165) is 24.7 Å². The number of rotatable bonds is 7. The Labute approximate surface area is 233 Å². The van der Waals surface area contributed by atoms with Crippen LogP contribution in [0.2, 0.25) is 0 Å². The van der Waals surface area contributed by atoms with Crippen LogP contribution in [0.15, 0.2) is 52.9 Å². The maximum absolute atomic E-state index is 14.7. The summed E-state index contributed by atoms with van der Waals surface area (Å²) in [5.74, 6) is -0.375. The summed E-state index contributed by atoms with van der Waals surface area (Å²) in [6.45, 7) is 0.253. The van der Waals surface area contributed by atoms with E-state index >= 15 is 0 Å². The molecule has 1 fully saturated rings. The lowest BCUT2D eigenvalue weighted by molar-refractivity contribution is 0.112. The number of fused-ring (bicyclic) bond motifs is 2. The number of anilines is 1. The standard InChI is InChI=1S/C27H22BF2NO5S.C2H7N/c1-37(34)31(12-15-8-18-14-35-28(33)26(18)23(30)9-15)24-11-25-21(10-20(24)16-2-3-16)22(13-32)27(36-25)17-4-6-19(29)7-5-17;1-3-2/h4-11,13,16,33H,2-3,12,14H2,1H3;3H,1-2H3. The largest absolute Gasteiger partial charge is 0.494 e. The third-order valence-electron chi connectivity index (χ3n) is 6.94. The zero-order valence-electron chi connectivity index (χ0n) is 22.4. The highest BCUT2D eigenvalue weighted by Gasteiger charge is 2.33. The number of furan rings is 1. The number of nitrogens with zero attached hydrogens (tertiary/aromatic N) is 1. The van der Waals surface area contributed by atoms with Crippen molar-refractivity contribution in [3.8, 4) is 11.3 Å². The SMILES string of the molecule is CNC.CS(=O)N(Cc1cc(F)c2c(c1)COB2O)c1cc2oc(-c3ccc(F)cc3)c(C=O)c2cc1C1CC1. The molecular weight excluding hydrogens is 537 g/mol. The van der Waals surface area contributed by atoms with E-state index in [1.165, 1.54) is 18.2 Å². The molecule has 11 heteroatoms. The third kappa shape index (κ3) is 5.47. The molecule has 208 valence electrons. The van der Waals surface area contributed by atoms with E-state index in [2.05, 4.69) is 5.32 Å². The van der Waals surface area contributed by atoms with Crippen LogP contribution in [0.1, 0.15) is 45.8 Å². The molecule has 0 bridgehead atoms. The molecule has 1 aliphatic carbocycles. The van der Waals surface area contributed by atoms with Crippen LogP contribution >= 0.6 is 0 Å². The zero-order valence-corrected chi connectivity index (χ0v) is 23.2. The van der Waals surface area contributed by atoms with Crippen LogP contribution < -0.4 is 15.1 Å². The van der Waals surface area contributed by atoms with Crippen molar-refractivity contribution in [1.29, 1.82) is 0 Å². The number of halogens is 2. The van der Waals surface area contributed by atoms with Gasteiger partial charge in [0.25, 0.3) is 0 Å². The lowest BCUT2D eigenvalue weighted by Crippen LogP contribution is -2.32. The molecule has 6 rings (SSSR count). The van der Waals surface area contributed by atoms with Crippen molar-refractivity contribution in [3.05, 3.63) is 82.4 Å². The summed E-state index contributed by atoms with van der Waals surface area (Å²) >= 11 is 0. The van der Waals surface area contributed by atoms with Crippen LogP contribution in [-0.4, -0.2) is 43.0 Å². The van der Waals surface area contributed by atoms with Crippen molar-refractivity contribution in [2.45, 2.75) is 31.9 Å². The molecule has 1 aromatic heterocycles. The maximum Gasteiger partial charge on any atom is 0.494 e. The minimum absolute atomic E-state index is 0.1000. The molecule has 0 amide bonds. The van der Waals surface area contributed by atoms with Crippen molar-refractivity contribution < 1.29 is 31.9 Å². The Bertz CT molecular complexity index is 1590. The fraction of sp³-hybridized carbons (Fsp3) is 0.276. The number of hydrogen-bond donors (Lipinski definition) is 2. The first-order valence-electron chi connectivity index (χ1n) is 12.9. The zero-order chi connectivity index (χ0) is 28.6. The lowest BCUT2D eigenvalue weighted by Gasteiger charge is -2.25. The van der Waals surface area contributed by atoms with Crippen molar-refractivity contribution in [2.75, 3.05) is 24.7 Å². The molecule has 1 atom stereocenters. The van der Waals surface area contributed by atoms with Crippen molar-refractivity contribution in [3.63, 3.8) is 0 Å². The lowest BCUT2D eigenvalue weighted by atomic mass is 9.78. The number of carbonyl (C=O) groups is 1. The van der Waals surface area contributed by atoms with Gasteiger partial charge in [0.05, 0.1) is 24.4 Å². The van der Waals surface area contributed by atoms with E-state index in [0.29, 0.717) is 44.7 Å². The molecular formula is C29H29BF2N2O5S. The Kier molecular flexibility index (Phi) is 8.18. The van der Waals surface area contributed by atoms with Crippen molar-refractivity contribution in [1.82, 2.24) is 5.32 Å². The fourth-order valence-electron chi connectivity index (χ4n) is 4.99. The molecule has 0 radical (unpaired) electrons. The molecule has 2 heterocycles. The Morgan fingerprint density at radius 1 is 1.15 bits per heavy atom. The summed E-state index contributed by atoms with van der Waals surface area (Å²) in [7, 11) is 0.993. The number of nitrogens with one attached hydrogen (secondary N) is 1. The van der Waals surface area contributed by atoms with Crippen LogP contribution in [-0.2, 0) is 28.8 Å². The summed E-state index contributed by atoms with van der Waals surface area (Å²) in [5.41, 5.74) is 4.30. The molecule has 1 aliphatic heterocycles. The molecule has 40 heavy (non-hydrogen) atoms. The minimum Gasteiger partial charge on any atom is -0.455 e. The number of aldehydes is 1. The molecule has 1 unspecified atom stereocenters. The van der Waals surface area contributed by atoms with Crippen molar-refractivity contribution in [2.24, 2.45) is 0 Å². The van der Waals surface area contributed by atoms with Crippen LogP contribution in [0.5, 0.6) is 0 Å². The van der Waals surface area contributed by atoms with Gasteiger partial charge in [0.15, 0.2) is 6.29 Å². The van der Waals surface area contributed by atoms with Gasteiger partial charge in [-0.3, -0.25) is 9.10 Å². The van der Waals surface area contributed by atoms with Crippen LogP contribution in [0.3, 0.4) is 0 Å². The van der Waals surface area contributed by atoms with Gasteiger partial charge < -0.3 is 19.4 Å². The van der Waals surface area contributed by atoms with Crippen LogP contribution in [0, 0.1) is 11.6 Å². The molecule has 2 aliphatic rings. The Balaban J connectivity index is 0.00000103. The predicted octanol–water partition coefficient (Wildman–Crippen LogP) is 4.42. The molecule has 3 aromatic carbocycles. The second-order valence-corrected chi connectivity index (χ2v) is 11.2. The molecule has 4 aromatic rings. The first-order valence-corrected chi connectivity index (χ1v) is 14.4. The van der Waals surface area contributed by atoms with E-state index in [1.807, 2.05) is 20.2 Å². The first kappa shape index (κ1) is 28.2. The van der Waals surface area contributed by atoms with Gasteiger partial charge in [-0.05, 0) is 85.9 Å². The van der Waals surface area contributed by atoms with Gasteiger partial charge >= 0.3 is 7.12 Å². The van der Waals surface area contributed by atoms with Crippen molar-refractivity contribution >= 4 is 46.5 Å². The van der Waals surface area contributed by atoms with E-state index < -0.39 is 29.7 Å². The monoisotopic (exact) mass is 566 g/mol. The normalized spacial score (nSPS) is 15.0. The summed E-state index contributed by atoms with van der Waals surface area (Å²) < 4.78 is 54.1. The maximum atomic E-state index is 14.7. The van der Waals surface area contributed by atoms with Gasteiger partial charge in [0.2, 0.25) is 0 Å². The molecule has 0 spiro atoms. The quantitative estimate of drug-likeness (QED) is 0.254. The molecule has 2 N–H and O–H groups in total. The van der Waals surface area contributed by atoms with Gasteiger partial charge in [-0.1, -0.05) is 6.07 Å². The molecule has 7 nitrogen and oxygen atoms in total. The van der Waals surface area contributed by atoms with Crippen LogP contribution in [0.25, 0.3) is 22.3 Å². The van der Waals surface area contributed by atoms with Gasteiger partial charge in [0, 0.05) is 28.7 Å². The number of benzene rings is 3. The summed E-state index contributed by atoms with van der Waals surface area (Å²) in [6, 6.07) is 12.5. The first-order chi connectivity index (χ1) is 19.2. The second-order valence-electron chi connectivity index (χ2n) is 9.93. The van der Waals surface area contributed by atoms with E-state index in [4.69, 9.17) is 9.07 Å². The second kappa shape index (κ2) is 11.6. The summed E-state index contributed by atoms with van der Waals surface area (Å²) in [4.78, 5) is 12.1. The van der Waals surface area contributed by atoms with E-state index in [-0.39, 0.29) is 24.5 Å². The fourth-order valence-corrected chi connectivity index (χ4v) is 5.76. The van der Waals surface area contributed by atoms with E-state index in [9.17, 15) is 22.8 Å². The van der Waals surface area contributed by atoms with Gasteiger partial charge in [0.1, 0.15) is 34.0 Å². The average molecular weight is 566 g/mol. The number of hydrogen-bond acceptors (Lipinski definition) is 6. The molecule has 0 saturated heterocycles.